The van der Waals surface area contributed by atoms with E-state index in [4.69, 9.17) is 28.3 Å². The van der Waals surface area contributed by atoms with Crippen LogP contribution in [0.4, 0.5) is 5.69 Å². The summed E-state index contributed by atoms with van der Waals surface area (Å²) >= 11 is 12.2. The lowest BCUT2D eigenvalue weighted by atomic mass is 9.77. The molecule has 0 N–H and O–H groups in total. The van der Waals surface area contributed by atoms with Crippen LogP contribution >= 0.6 is 23.2 Å². The molecule has 2 aliphatic rings. The Bertz CT molecular complexity index is 1090. The summed E-state index contributed by atoms with van der Waals surface area (Å²) in [5.74, 6) is 0.360. The van der Waals surface area contributed by atoms with Gasteiger partial charge in [0.2, 0.25) is 0 Å². The van der Waals surface area contributed by atoms with Gasteiger partial charge in [-0.3, -0.25) is 5.01 Å². The molecule has 5 rings (SSSR count). The van der Waals surface area contributed by atoms with E-state index in [-0.39, 0.29) is 6.04 Å². The Labute approximate surface area is 187 Å². The number of hydrazone groups is 1. The summed E-state index contributed by atoms with van der Waals surface area (Å²) in [7, 11) is 0. The maximum Gasteiger partial charge on any atom is 0.0859 e. The van der Waals surface area contributed by atoms with Crippen LogP contribution in [-0.2, 0) is 0 Å². The van der Waals surface area contributed by atoms with Gasteiger partial charge < -0.3 is 0 Å². The summed E-state index contributed by atoms with van der Waals surface area (Å²) in [5.41, 5.74) is 6.06. The summed E-state index contributed by atoms with van der Waals surface area (Å²) in [6, 6.07) is 26.9. The lowest BCUT2D eigenvalue weighted by Crippen LogP contribution is -2.28. The van der Waals surface area contributed by atoms with Crippen molar-refractivity contribution in [1.29, 1.82) is 0 Å². The Morgan fingerprint density at radius 2 is 1.50 bits per heavy atom. The fourth-order valence-electron chi connectivity index (χ4n) is 4.55. The number of para-hydroxylation sites is 1. The van der Waals surface area contributed by atoms with Gasteiger partial charge in [0.1, 0.15) is 0 Å². The lowest BCUT2D eigenvalue weighted by Gasteiger charge is -2.30. The molecule has 3 aromatic rings. The highest BCUT2D eigenvalue weighted by Crippen LogP contribution is 2.46. The summed E-state index contributed by atoms with van der Waals surface area (Å²) in [4.78, 5) is 0. The largest absolute Gasteiger partial charge is 0.257 e. The first-order chi connectivity index (χ1) is 14.7. The molecule has 30 heavy (non-hydrogen) atoms. The third kappa shape index (κ3) is 3.78. The number of benzene rings is 3. The number of allylic oxidation sites excluding steroid dienone is 1. The monoisotopic (exact) mass is 432 g/mol. The van der Waals surface area contributed by atoms with Gasteiger partial charge in [0.15, 0.2) is 0 Å². The molecule has 4 heteroatoms. The average molecular weight is 433 g/mol. The van der Waals surface area contributed by atoms with Crippen molar-refractivity contribution in [3.63, 3.8) is 0 Å². The molecular formula is C26H22Cl2N2. The Morgan fingerprint density at radius 1 is 0.833 bits per heavy atom. The predicted octanol–water partition coefficient (Wildman–Crippen LogP) is 7.79. The Morgan fingerprint density at radius 3 is 2.20 bits per heavy atom. The van der Waals surface area contributed by atoms with Crippen molar-refractivity contribution in [3.8, 4) is 0 Å². The second-order valence-electron chi connectivity index (χ2n) is 7.88. The van der Waals surface area contributed by atoms with Gasteiger partial charge in [-0.2, -0.15) is 5.10 Å². The summed E-state index contributed by atoms with van der Waals surface area (Å²) < 4.78 is 0. The van der Waals surface area contributed by atoms with Gasteiger partial charge in [0, 0.05) is 16.0 Å². The zero-order chi connectivity index (χ0) is 20.5. The standard InChI is InChI=1S/C26H22Cl2N2/c27-21-13-9-18(10-14-21)17-20-5-4-8-24-25(20)29-30(23-6-2-1-3-7-23)26(24)19-11-15-22(28)16-12-19/h1-3,6-7,9-17,24,26H,4-5,8H2/b20-17+/t24-,26-/m1/s1. The normalized spacial score (nSPS) is 22.1. The minimum Gasteiger partial charge on any atom is -0.257 e. The Balaban J connectivity index is 1.58. The molecule has 0 amide bonds. The number of halogens is 2. The van der Waals surface area contributed by atoms with E-state index in [0.717, 1.165) is 35.0 Å². The highest BCUT2D eigenvalue weighted by molar-refractivity contribution is 6.30. The molecule has 1 aliphatic heterocycles. The maximum atomic E-state index is 6.17. The van der Waals surface area contributed by atoms with Gasteiger partial charge in [0.25, 0.3) is 0 Å². The maximum absolute atomic E-state index is 6.17. The molecule has 0 spiro atoms. The van der Waals surface area contributed by atoms with Crippen molar-refractivity contribution < 1.29 is 0 Å². The van der Waals surface area contributed by atoms with E-state index in [0.29, 0.717) is 5.92 Å². The number of fused-ring (bicyclic) bond motifs is 1. The average Bonchev–Trinajstić information content (AvgIpc) is 3.17. The number of anilines is 1. The molecule has 1 aliphatic carbocycles. The smallest absolute Gasteiger partial charge is 0.0859 e. The number of nitrogens with zero attached hydrogens (tertiary/aromatic N) is 2. The van der Waals surface area contributed by atoms with Gasteiger partial charge >= 0.3 is 0 Å². The van der Waals surface area contributed by atoms with Crippen LogP contribution < -0.4 is 5.01 Å². The molecule has 3 aromatic carbocycles. The molecule has 1 saturated carbocycles. The second kappa shape index (κ2) is 8.29. The first-order valence-electron chi connectivity index (χ1n) is 10.3. The zero-order valence-electron chi connectivity index (χ0n) is 16.5. The van der Waals surface area contributed by atoms with Crippen molar-refractivity contribution in [1.82, 2.24) is 0 Å². The van der Waals surface area contributed by atoms with Crippen LogP contribution in [0.2, 0.25) is 10.0 Å². The molecule has 1 fully saturated rings. The van der Waals surface area contributed by atoms with E-state index in [1.165, 1.54) is 22.4 Å². The third-order valence-corrected chi connectivity index (χ3v) is 6.45. The quantitative estimate of drug-likeness (QED) is 0.412. The molecule has 0 aromatic heterocycles. The van der Waals surface area contributed by atoms with E-state index in [1.54, 1.807) is 0 Å². The zero-order valence-corrected chi connectivity index (χ0v) is 18.0. The van der Waals surface area contributed by atoms with Gasteiger partial charge in [-0.05, 0) is 78.4 Å². The van der Waals surface area contributed by atoms with Crippen LogP contribution in [-0.4, -0.2) is 5.71 Å². The van der Waals surface area contributed by atoms with E-state index >= 15 is 0 Å². The van der Waals surface area contributed by atoms with Crippen LogP contribution in [0, 0.1) is 5.92 Å². The molecule has 0 saturated heterocycles. The predicted molar refractivity (Wildman–Crippen MR) is 127 cm³/mol. The number of hydrogen-bond acceptors (Lipinski definition) is 2. The van der Waals surface area contributed by atoms with Crippen molar-refractivity contribution in [2.45, 2.75) is 25.3 Å². The van der Waals surface area contributed by atoms with E-state index in [2.05, 4.69) is 59.6 Å². The van der Waals surface area contributed by atoms with E-state index in [9.17, 15) is 0 Å². The van der Waals surface area contributed by atoms with Gasteiger partial charge in [-0.1, -0.05) is 65.7 Å². The van der Waals surface area contributed by atoms with Crippen molar-refractivity contribution >= 4 is 40.7 Å². The molecular weight excluding hydrogens is 411 g/mol. The van der Waals surface area contributed by atoms with Crippen molar-refractivity contribution in [2.75, 3.05) is 5.01 Å². The highest BCUT2D eigenvalue weighted by Gasteiger charge is 2.41. The van der Waals surface area contributed by atoms with Gasteiger partial charge in [-0.25, -0.2) is 0 Å². The second-order valence-corrected chi connectivity index (χ2v) is 8.75. The Kier molecular flexibility index (Phi) is 5.37. The van der Waals surface area contributed by atoms with Crippen LogP contribution in [0.1, 0.15) is 36.4 Å². The lowest BCUT2D eigenvalue weighted by molar-refractivity contribution is 0.488. The SMILES string of the molecule is Clc1ccc(/C=C2\CCC[C@@H]3C2=NN(c2ccccc2)[C@@H]3c2ccc(Cl)cc2)cc1. The number of hydrogen-bond donors (Lipinski definition) is 0. The first-order valence-corrected chi connectivity index (χ1v) is 11.1. The van der Waals surface area contributed by atoms with E-state index < -0.39 is 0 Å². The minimum absolute atomic E-state index is 0.175. The summed E-state index contributed by atoms with van der Waals surface area (Å²) in [6.45, 7) is 0. The molecule has 150 valence electrons. The third-order valence-electron chi connectivity index (χ3n) is 5.94. The van der Waals surface area contributed by atoms with E-state index in [1.807, 2.05) is 30.3 Å². The summed E-state index contributed by atoms with van der Waals surface area (Å²) in [5, 5.41) is 8.90. The molecule has 0 unspecified atom stereocenters. The first kappa shape index (κ1) is 19.4. The number of rotatable bonds is 3. The van der Waals surface area contributed by atoms with Gasteiger partial charge in [0.05, 0.1) is 17.4 Å². The van der Waals surface area contributed by atoms with Crippen molar-refractivity contribution in [3.05, 3.63) is 106 Å². The Hall–Kier alpha value is -2.55. The molecule has 2 atom stereocenters. The highest BCUT2D eigenvalue weighted by atomic mass is 35.5. The fraction of sp³-hybridized carbons (Fsp3) is 0.192. The van der Waals surface area contributed by atoms with Crippen LogP contribution in [0.3, 0.4) is 0 Å². The molecule has 2 nitrogen and oxygen atoms in total. The molecule has 0 radical (unpaired) electrons. The molecule has 1 heterocycles. The molecule has 0 bridgehead atoms. The van der Waals surface area contributed by atoms with Crippen LogP contribution in [0.15, 0.2) is 89.5 Å². The fourth-order valence-corrected chi connectivity index (χ4v) is 4.80. The summed E-state index contributed by atoms with van der Waals surface area (Å²) in [6.07, 6.45) is 5.62. The van der Waals surface area contributed by atoms with Gasteiger partial charge in [-0.15, -0.1) is 0 Å². The van der Waals surface area contributed by atoms with Crippen LogP contribution in [0.25, 0.3) is 6.08 Å². The van der Waals surface area contributed by atoms with Crippen LogP contribution in [0.5, 0.6) is 0 Å². The van der Waals surface area contributed by atoms with Crippen molar-refractivity contribution in [2.24, 2.45) is 11.0 Å². The minimum atomic E-state index is 0.175. The topological polar surface area (TPSA) is 15.6 Å².